The molecule has 0 fully saturated rings. The molecule has 0 spiro atoms. The van der Waals surface area contributed by atoms with Crippen LogP contribution >= 0.6 is 0 Å². The van der Waals surface area contributed by atoms with Crippen molar-refractivity contribution in [3.8, 4) is 5.75 Å². The monoisotopic (exact) mass is 379 g/mol. The van der Waals surface area contributed by atoms with Crippen LogP contribution < -0.4 is 15.7 Å². The molecular weight excluding hydrogens is 354 g/mol. The molecule has 0 radical (unpaired) electrons. The lowest BCUT2D eigenvalue weighted by molar-refractivity contribution is -0.123. The summed E-state index contributed by atoms with van der Waals surface area (Å²) in [5.74, 6) is 0.278. The summed E-state index contributed by atoms with van der Waals surface area (Å²) in [5.41, 5.74) is 3.26. The zero-order chi connectivity index (χ0) is 20.1. The molecule has 1 aromatic heterocycles. The smallest absolute Gasteiger partial charge is 0.336 e. The van der Waals surface area contributed by atoms with Crippen LogP contribution in [0.1, 0.15) is 43.0 Å². The summed E-state index contributed by atoms with van der Waals surface area (Å²) in [5, 5.41) is 3.84. The normalized spacial score (nSPS) is 12.0. The predicted octanol–water partition coefficient (Wildman–Crippen LogP) is 4.31. The van der Waals surface area contributed by atoms with Gasteiger partial charge in [0, 0.05) is 17.5 Å². The number of hydrogen-bond donors (Lipinski definition) is 1. The molecule has 0 saturated carbocycles. The highest BCUT2D eigenvalue weighted by molar-refractivity contribution is 5.82. The van der Waals surface area contributed by atoms with E-state index in [1.807, 2.05) is 44.2 Å². The average Bonchev–Trinajstić information content (AvgIpc) is 2.66. The molecule has 3 rings (SSSR count). The minimum atomic E-state index is -0.377. The summed E-state index contributed by atoms with van der Waals surface area (Å²) in [7, 11) is 0. The van der Waals surface area contributed by atoms with Crippen molar-refractivity contribution in [1.29, 1.82) is 0 Å². The lowest BCUT2D eigenvalue weighted by atomic mass is 10.0. The first-order valence-electron chi connectivity index (χ1n) is 9.52. The summed E-state index contributed by atoms with van der Waals surface area (Å²) in [4.78, 5) is 24.0. The van der Waals surface area contributed by atoms with Crippen LogP contribution in [-0.2, 0) is 11.2 Å². The summed E-state index contributed by atoms with van der Waals surface area (Å²) < 4.78 is 10.9. The van der Waals surface area contributed by atoms with Crippen LogP contribution in [0.3, 0.4) is 0 Å². The molecule has 3 aromatic rings. The van der Waals surface area contributed by atoms with E-state index in [1.54, 1.807) is 12.1 Å². The van der Waals surface area contributed by atoms with E-state index in [0.717, 1.165) is 34.9 Å². The van der Waals surface area contributed by atoms with Crippen molar-refractivity contribution in [2.75, 3.05) is 6.61 Å². The van der Waals surface area contributed by atoms with Gasteiger partial charge in [0.1, 0.15) is 11.3 Å². The maximum atomic E-state index is 12.3. The Kier molecular flexibility index (Phi) is 6.14. The maximum Gasteiger partial charge on any atom is 0.336 e. The quantitative estimate of drug-likeness (QED) is 0.621. The van der Waals surface area contributed by atoms with Crippen molar-refractivity contribution in [1.82, 2.24) is 5.32 Å². The van der Waals surface area contributed by atoms with Crippen molar-refractivity contribution in [3.63, 3.8) is 0 Å². The van der Waals surface area contributed by atoms with Gasteiger partial charge in [-0.05, 0) is 49.1 Å². The zero-order valence-corrected chi connectivity index (χ0v) is 16.5. The lowest BCUT2D eigenvalue weighted by Crippen LogP contribution is -2.31. The summed E-state index contributed by atoms with van der Waals surface area (Å²) >= 11 is 0. The molecule has 1 heterocycles. The number of benzene rings is 2. The number of aryl methyl sites for hydroxylation is 2. The number of carbonyl (C=O) groups excluding carboxylic acids is 1. The molecule has 5 heteroatoms. The van der Waals surface area contributed by atoms with Crippen LogP contribution in [0.15, 0.2) is 57.7 Å². The summed E-state index contributed by atoms with van der Waals surface area (Å²) in [6.45, 7) is 5.92. The molecule has 1 N–H and O–H groups in total. The van der Waals surface area contributed by atoms with Crippen molar-refractivity contribution < 1.29 is 13.9 Å². The first-order chi connectivity index (χ1) is 13.5. The van der Waals surface area contributed by atoms with Crippen molar-refractivity contribution >= 4 is 16.9 Å². The number of ether oxygens (including phenoxy) is 1. The Labute approximate surface area is 164 Å². The molecule has 2 aromatic carbocycles. The fraction of sp³-hybridized carbons (Fsp3) is 0.304. The van der Waals surface area contributed by atoms with E-state index >= 15 is 0 Å². The standard InChI is InChI=1S/C23H25NO4/c1-4-7-17-12-23(26)28-21-13-18(10-11-20(17)21)27-14-22(25)24-16(3)19-9-6-5-8-15(19)2/h5-6,8-13,16H,4,7,14H2,1-3H3,(H,24,25). The van der Waals surface area contributed by atoms with Crippen molar-refractivity contribution in [2.45, 2.75) is 39.7 Å². The van der Waals surface area contributed by atoms with Gasteiger partial charge in [-0.25, -0.2) is 4.79 Å². The van der Waals surface area contributed by atoms with E-state index in [2.05, 4.69) is 12.2 Å². The minimum absolute atomic E-state index is 0.108. The first kappa shape index (κ1) is 19.7. The molecule has 1 amide bonds. The second kappa shape index (κ2) is 8.74. The Morgan fingerprint density at radius 3 is 2.71 bits per heavy atom. The molecule has 146 valence electrons. The molecule has 5 nitrogen and oxygen atoms in total. The third-order valence-electron chi connectivity index (χ3n) is 4.72. The van der Waals surface area contributed by atoms with Gasteiger partial charge in [0.25, 0.3) is 5.91 Å². The number of hydrogen-bond acceptors (Lipinski definition) is 4. The van der Waals surface area contributed by atoms with E-state index in [9.17, 15) is 9.59 Å². The second-order valence-corrected chi connectivity index (χ2v) is 6.93. The number of fused-ring (bicyclic) bond motifs is 1. The molecule has 0 aliphatic rings. The number of amides is 1. The van der Waals surface area contributed by atoms with Crippen molar-refractivity contribution in [3.05, 3.63) is 75.6 Å². The molecule has 0 aliphatic carbocycles. The van der Waals surface area contributed by atoms with Gasteiger partial charge in [-0.1, -0.05) is 37.6 Å². The molecule has 0 aliphatic heterocycles. The Morgan fingerprint density at radius 1 is 1.18 bits per heavy atom. The van der Waals surface area contributed by atoms with Gasteiger partial charge >= 0.3 is 5.63 Å². The van der Waals surface area contributed by atoms with E-state index in [1.165, 1.54) is 6.07 Å². The van der Waals surface area contributed by atoms with Crippen LogP contribution in [0.4, 0.5) is 0 Å². The zero-order valence-electron chi connectivity index (χ0n) is 16.5. The van der Waals surface area contributed by atoms with Crippen molar-refractivity contribution in [2.24, 2.45) is 0 Å². The first-order valence-corrected chi connectivity index (χ1v) is 9.52. The van der Waals surface area contributed by atoms with Crippen LogP contribution in [0, 0.1) is 6.92 Å². The maximum absolute atomic E-state index is 12.3. The van der Waals surface area contributed by atoms with E-state index < -0.39 is 0 Å². The third-order valence-corrected chi connectivity index (χ3v) is 4.72. The Bertz CT molecular complexity index is 1040. The Hall–Kier alpha value is -3.08. The van der Waals surface area contributed by atoms with Gasteiger partial charge in [-0.2, -0.15) is 0 Å². The van der Waals surface area contributed by atoms with E-state index in [-0.39, 0.29) is 24.2 Å². The summed E-state index contributed by atoms with van der Waals surface area (Å²) in [6.07, 6.45) is 1.75. The summed E-state index contributed by atoms with van der Waals surface area (Å²) in [6, 6.07) is 14.7. The van der Waals surface area contributed by atoms with Crippen LogP contribution in [-0.4, -0.2) is 12.5 Å². The topological polar surface area (TPSA) is 68.5 Å². The lowest BCUT2D eigenvalue weighted by Gasteiger charge is -2.17. The third kappa shape index (κ3) is 4.60. The van der Waals surface area contributed by atoms with Crippen LogP contribution in [0.5, 0.6) is 5.75 Å². The average molecular weight is 379 g/mol. The highest BCUT2D eigenvalue weighted by atomic mass is 16.5. The number of carbonyl (C=O) groups is 1. The minimum Gasteiger partial charge on any atom is -0.484 e. The Balaban J connectivity index is 1.67. The van der Waals surface area contributed by atoms with Gasteiger partial charge in [0.15, 0.2) is 6.61 Å². The highest BCUT2D eigenvalue weighted by Gasteiger charge is 2.12. The molecule has 28 heavy (non-hydrogen) atoms. The Morgan fingerprint density at radius 2 is 1.96 bits per heavy atom. The van der Waals surface area contributed by atoms with Gasteiger partial charge < -0.3 is 14.5 Å². The van der Waals surface area contributed by atoms with Gasteiger partial charge in [-0.15, -0.1) is 0 Å². The van der Waals surface area contributed by atoms with E-state index in [0.29, 0.717) is 11.3 Å². The fourth-order valence-corrected chi connectivity index (χ4v) is 3.36. The fourth-order valence-electron chi connectivity index (χ4n) is 3.36. The largest absolute Gasteiger partial charge is 0.484 e. The highest BCUT2D eigenvalue weighted by Crippen LogP contribution is 2.23. The molecule has 1 atom stereocenters. The second-order valence-electron chi connectivity index (χ2n) is 6.93. The van der Waals surface area contributed by atoms with Gasteiger partial charge in [0.05, 0.1) is 6.04 Å². The van der Waals surface area contributed by atoms with E-state index in [4.69, 9.17) is 9.15 Å². The van der Waals surface area contributed by atoms with Gasteiger partial charge in [0.2, 0.25) is 0 Å². The molecular formula is C23H25NO4. The molecule has 0 saturated heterocycles. The molecule has 1 unspecified atom stereocenters. The predicted molar refractivity (Wildman–Crippen MR) is 110 cm³/mol. The van der Waals surface area contributed by atoms with Crippen LogP contribution in [0.2, 0.25) is 0 Å². The van der Waals surface area contributed by atoms with Crippen LogP contribution in [0.25, 0.3) is 11.0 Å². The SMILES string of the molecule is CCCc1cc(=O)oc2cc(OCC(=O)NC(C)c3ccccc3C)ccc12. The molecule has 0 bridgehead atoms. The number of rotatable bonds is 7. The van der Waals surface area contributed by atoms with Gasteiger partial charge in [-0.3, -0.25) is 4.79 Å². The number of nitrogens with one attached hydrogen (secondary N) is 1.